The quantitative estimate of drug-likeness (QED) is 0.788. The van der Waals surface area contributed by atoms with E-state index in [1.54, 1.807) is 17.5 Å². The van der Waals surface area contributed by atoms with Crippen molar-refractivity contribution >= 4 is 11.3 Å². The van der Waals surface area contributed by atoms with Gasteiger partial charge >= 0.3 is 0 Å². The number of hydrogen-bond donors (Lipinski definition) is 1. The van der Waals surface area contributed by atoms with Crippen LogP contribution in [0.25, 0.3) is 10.7 Å². The topological polar surface area (TPSA) is 41.0 Å². The van der Waals surface area contributed by atoms with Crippen LogP contribution in [-0.2, 0) is 6.54 Å². The summed E-state index contributed by atoms with van der Waals surface area (Å²) in [4.78, 5) is 11.3. The predicted molar refractivity (Wildman–Crippen MR) is 80.2 cm³/mol. The molecule has 0 amide bonds. The first-order valence-corrected chi connectivity index (χ1v) is 7.36. The van der Waals surface area contributed by atoms with Gasteiger partial charge in [0.2, 0.25) is 0 Å². The lowest BCUT2D eigenvalue weighted by molar-refractivity contribution is 0.318. The number of nitrogens with zero attached hydrogens (tertiary/aromatic N) is 3. The summed E-state index contributed by atoms with van der Waals surface area (Å²) in [7, 11) is 4.12. The van der Waals surface area contributed by atoms with Crippen LogP contribution >= 0.6 is 11.3 Å². The van der Waals surface area contributed by atoms with Gasteiger partial charge < -0.3 is 10.2 Å². The SMILES string of the molecule is CNCCCN(C)Cc1csc(-c2ccccn2)n1. The van der Waals surface area contributed by atoms with E-state index in [1.165, 1.54) is 0 Å². The van der Waals surface area contributed by atoms with Crippen LogP contribution < -0.4 is 5.32 Å². The second-order valence-corrected chi connectivity index (χ2v) is 5.41. The zero-order valence-corrected chi connectivity index (χ0v) is 12.3. The van der Waals surface area contributed by atoms with Crippen LogP contribution in [0.4, 0.5) is 0 Å². The van der Waals surface area contributed by atoms with E-state index in [0.717, 1.165) is 42.5 Å². The number of thiazole rings is 1. The average molecular weight is 276 g/mol. The summed E-state index contributed by atoms with van der Waals surface area (Å²) in [5.74, 6) is 0. The number of hydrogen-bond acceptors (Lipinski definition) is 5. The minimum atomic E-state index is 0.896. The Morgan fingerprint density at radius 3 is 3.00 bits per heavy atom. The zero-order valence-electron chi connectivity index (χ0n) is 11.5. The lowest BCUT2D eigenvalue weighted by atomic mass is 10.3. The van der Waals surface area contributed by atoms with Gasteiger partial charge in [0.25, 0.3) is 0 Å². The highest BCUT2D eigenvalue weighted by molar-refractivity contribution is 7.13. The molecule has 102 valence electrons. The molecule has 0 aromatic carbocycles. The maximum absolute atomic E-state index is 4.65. The summed E-state index contributed by atoms with van der Waals surface area (Å²) < 4.78 is 0. The highest BCUT2D eigenvalue weighted by atomic mass is 32.1. The number of rotatable bonds is 7. The molecule has 0 fully saturated rings. The first-order chi connectivity index (χ1) is 9.29. The Bertz CT molecular complexity index is 483. The van der Waals surface area contributed by atoms with E-state index in [2.05, 4.69) is 32.6 Å². The van der Waals surface area contributed by atoms with Crippen LogP contribution in [0.2, 0.25) is 0 Å². The molecule has 0 saturated heterocycles. The van der Waals surface area contributed by atoms with E-state index in [-0.39, 0.29) is 0 Å². The van der Waals surface area contributed by atoms with Crippen molar-refractivity contribution in [2.45, 2.75) is 13.0 Å². The molecule has 2 rings (SSSR count). The van der Waals surface area contributed by atoms with Crippen LogP contribution in [0.1, 0.15) is 12.1 Å². The van der Waals surface area contributed by atoms with Gasteiger partial charge in [-0.1, -0.05) is 6.07 Å². The minimum absolute atomic E-state index is 0.896. The van der Waals surface area contributed by atoms with Gasteiger partial charge in [-0.2, -0.15) is 0 Å². The average Bonchev–Trinajstić information content (AvgIpc) is 2.88. The van der Waals surface area contributed by atoms with Crippen LogP contribution in [0.15, 0.2) is 29.8 Å². The standard InChI is InChI=1S/C14H20N4S/c1-15-7-5-9-18(2)10-12-11-19-14(17-12)13-6-3-4-8-16-13/h3-4,6,8,11,15H,5,7,9-10H2,1-2H3. The molecule has 4 nitrogen and oxygen atoms in total. The van der Waals surface area contributed by atoms with Gasteiger partial charge in [-0.25, -0.2) is 4.98 Å². The van der Waals surface area contributed by atoms with Crippen LogP contribution in [0, 0.1) is 0 Å². The van der Waals surface area contributed by atoms with Crippen molar-refractivity contribution in [2.75, 3.05) is 27.2 Å². The summed E-state index contributed by atoms with van der Waals surface area (Å²) in [5, 5.41) is 6.29. The molecule has 1 N–H and O–H groups in total. The normalized spacial score (nSPS) is 11.1. The van der Waals surface area contributed by atoms with Gasteiger partial charge in [0.1, 0.15) is 5.01 Å². The Morgan fingerprint density at radius 2 is 2.26 bits per heavy atom. The molecule has 2 heterocycles. The second-order valence-electron chi connectivity index (χ2n) is 4.55. The van der Waals surface area contributed by atoms with Crippen LogP contribution in [0.5, 0.6) is 0 Å². The molecule has 0 aliphatic carbocycles. The molecule has 5 heteroatoms. The van der Waals surface area contributed by atoms with Gasteiger partial charge in [0.05, 0.1) is 11.4 Å². The third-order valence-corrected chi connectivity index (χ3v) is 3.75. The van der Waals surface area contributed by atoms with E-state index in [4.69, 9.17) is 0 Å². The third-order valence-electron chi connectivity index (χ3n) is 2.83. The third kappa shape index (κ3) is 4.38. The van der Waals surface area contributed by atoms with E-state index < -0.39 is 0 Å². The Balaban J connectivity index is 1.91. The van der Waals surface area contributed by atoms with Gasteiger partial charge in [0.15, 0.2) is 0 Å². The predicted octanol–water partition coefficient (Wildman–Crippen LogP) is 2.25. The summed E-state index contributed by atoms with van der Waals surface area (Å²) in [6.07, 6.45) is 2.96. The Kier molecular flexibility index (Phi) is 5.44. The first kappa shape index (κ1) is 14.1. The fourth-order valence-corrected chi connectivity index (χ4v) is 2.65. The molecule has 0 unspecified atom stereocenters. The molecule has 0 radical (unpaired) electrons. The number of pyridine rings is 1. The minimum Gasteiger partial charge on any atom is -0.320 e. The van der Waals surface area contributed by atoms with Gasteiger partial charge in [-0.15, -0.1) is 11.3 Å². The monoisotopic (exact) mass is 276 g/mol. The van der Waals surface area contributed by atoms with Crippen LogP contribution in [0.3, 0.4) is 0 Å². The van der Waals surface area contributed by atoms with Gasteiger partial charge in [-0.3, -0.25) is 4.98 Å². The second kappa shape index (κ2) is 7.33. The molecule has 0 saturated carbocycles. The number of nitrogens with one attached hydrogen (secondary N) is 1. The largest absolute Gasteiger partial charge is 0.320 e. The molecule has 0 atom stereocenters. The molecule has 2 aromatic heterocycles. The summed E-state index contributed by atoms with van der Waals surface area (Å²) in [5.41, 5.74) is 2.08. The van der Waals surface area contributed by atoms with Crippen molar-refractivity contribution in [2.24, 2.45) is 0 Å². The Labute approximate surface area is 118 Å². The van der Waals surface area contributed by atoms with Gasteiger partial charge in [0, 0.05) is 18.1 Å². The number of aromatic nitrogens is 2. The van der Waals surface area contributed by atoms with Crippen molar-refractivity contribution in [3.63, 3.8) is 0 Å². The molecule has 0 aliphatic rings. The fraction of sp³-hybridized carbons (Fsp3) is 0.429. The van der Waals surface area contributed by atoms with Crippen LogP contribution in [-0.4, -0.2) is 42.1 Å². The highest BCUT2D eigenvalue weighted by Gasteiger charge is 2.07. The maximum Gasteiger partial charge on any atom is 0.142 e. The van der Waals surface area contributed by atoms with Gasteiger partial charge in [-0.05, 0) is 45.7 Å². The molecular formula is C14H20N4S. The lowest BCUT2D eigenvalue weighted by Crippen LogP contribution is -2.22. The van der Waals surface area contributed by atoms with E-state index in [0.29, 0.717) is 0 Å². The van der Waals surface area contributed by atoms with Crippen molar-refractivity contribution in [1.29, 1.82) is 0 Å². The van der Waals surface area contributed by atoms with Crippen molar-refractivity contribution < 1.29 is 0 Å². The first-order valence-electron chi connectivity index (χ1n) is 6.48. The van der Waals surface area contributed by atoms with Crippen molar-refractivity contribution in [3.8, 4) is 10.7 Å². The molecule has 0 aliphatic heterocycles. The molecule has 19 heavy (non-hydrogen) atoms. The van der Waals surface area contributed by atoms with E-state index >= 15 is 0 Å². The van der Waals surface area contributed by atoms with Crippen molar-refractivity contribution in [1.82, 2.24) is 20.2 Å². The van der Waals surface area contributed by atoms with Crippen molar-refractivity contribution in [3.05, 3.63) is 35.5 Å². The lowest BCUT2D eigenvalue weighted by Gasteiger charge is -2.14. The maximum atomic E-state index is 4.65. The van der Waals surface area contributed by atoms with E-state index in [1.807, 2.05) is 25.2 Å². The molecule has 0 bridgehead atoms. The molecule has 0 spiro atoms. The Hall–Kier alpha value is -1.30. The fourth-order valence-electron chi connectivity index (χ4n) is 1.87. The Morgan fingerprint density at radius 1 is 1.37 bits per heavy atom. The summed E-state index contributed by atoms with van der Waals surface area (Å²) >= 11 is 1.66. The molecule has 2 aromatic rings. The highest BCUT2D eigenvalue weighted by Crippen LogP contribution is 2.21. The summed E-state index contributed by atoms with van der Waals surface area (Å²) in [6.45, 7) is 3.03. The van der Waals surface area contributed by atoms with E-state index in [9.17, 15) is 0 Å². The smallest absolute Gasteiger partial charge is 0.142 e. The summed E-state index contributed by atoms with van der Waals surface area (Å²) in [6, 6.07) is 5.92. The molecular weight excluding hydrogens is 256 g/mol. The zero-order chi connectivity index (χ0) is 13.5.